The Morgan fingerprint density at radius 3 is 2.68 bits per heavy atom. The summed E-state index contributed by atoms with van der Waals surface area (Å²) in [6, 6.07) is -0.0254. The highest BCUT2D eigenvalue weighted by molar-refractivity contribution is 7.90. The molecule has 2 fully saturated rings. The molecule has 110 valence electrons. The van der Waals surface area contributed by atoms with Crippen molar-refractivity contribution in [2.45, 2.75) is 43.4 Å². The molecule has 0 unspecified atom stereocenters. The van der Waals surface area contributed by atoms with Gasteiger partial charge in [0.05, 0.1) is 12.6 Å². The summed E-state index contributed by atoms with van der Waals surface area (Å²) in [5, 5.41) is 1.29. The molecule has 1 N–H and O–H groups in total. The number of rotatable bonds is 5. The van der Waals surface area contributed by atoms with E-state index in [4.69, 9.17) is 4.84 Å². The molecule has 1 aliphatic heterocycles. The van der Waals surface area contributed by atoms with Gasteiger partial charge in [-0.3, -0.25) is 4.84 Å². The first-order valence-corrected chi connectivity index (χ1v) is 8.56. The molecular formula is C13H24N2O3S. The summed E-state index contributed by atoms with van der Waals surface area (Å²) in [6.45, 7) is 4.08. The van der Waals surface area contributed by atoms with E-state index < -0.39 is 15.3 Å². The fourth-order valence-electron chi connectivity index (χ4n) is 3.24. The number of nitrogens with one attached hydrogen (secondary N) is 1. The van der Waals surface area contributed by atoms with Gasteiger partial charge in [-0.2, -0.15) is 5.06 Å². The Morgan fingerprint density at radius 1 is 1.37 bits per heavy atom. The van der Waals surface area contributed by atoms with Gasteiger partial charge >= 0.3 is 0 Å². The van der Waals surface area contributed by atoms with Crippen molar-refractivity contribution in [1.29, 1.82) is 0 Å². The van der Waals surface area contributed by atoms with Crippen LogP contribution in [0.2, 0.25) is 0 Å². The van der Waals surface area contributed by atoms with Gasteiger partial charge in [0.15, 0.2) is 0 Å². The van der Waals surface area contributed by atoms with E-state index in [1.165, 1.54) is 19.3 Å². The molecule has 2 aliphatic rings. The van der Waals surface area contributed by atoms with Gasteiger partial charge in [-0.25, -0.2) is 13.1 Å². The number of hydrogen-bond acceptors (Lipinski definition) is 4. The van der Waals surface area contributed by atoms with Crippen LogP contribution in [-0.4, -0.2) is 45.0 Å². The predicted molar refractivity (Wildman–Crippen MR) is 75.0 cm³/mol. The molecule has 1 saturated heterocycles. The largest absolute Gasteiger partial charge is 0.297 e. The van der Waals surface area contributed by atoms with Gasteiger partial charge < -0.3 is 0 Å². The van der Waals surface area contributed by atoms with Crippen molar-refractivity contribution in [2.24, 2.45) is 5.92 Å². The lowest BCUT2D eigenvalue weighted by Gasteiger charge is -2.33. The Labute approximate surface area is 116 Å². The van der Waals surface area contributed by atoms with E-state index in [2.05, 4.69) is 11.3 Å². The van der Waals surface area contributed by atoms with Gasteiger partial charge in [0.2, 0.25) is 10.0 Å². The summed E-state index contributed by atoms with van der Waals surface area (Å²) in [5.41, 5.74) is 0. The number of nitrogens with zero attached hydrogens (tertiary/aromatic N) is 1. The topological polar surface area (TPSA) is 58.6 Å². The van der Waals surface area contributed by atoms with Crippen LogP contribution in [0.5, 0.6) is 0 Å². The SMILES string of the molecule is C=CCNS(=O)(=O)[C@@H]1CON(C)[C@H]1C1CCCCC1. The number of sulfonamides is 1. The second kappa shape index (κ2) is 6.35. The van der Waals surface area contributed by atoms with Crippen LogP contribution in [0.25, 0.3) is 0 Å². The molecular weight excluding hydrogens is 264 g/mol. The fraction of sp³-hybridized carbons (Fsp3) is 0.846. The van der Waals surface area contributed by atoms with Crippen molar-refractivity contribution in [3.8, 4) is 0 Å². The first-order chi connectivity index (χ1) is 9.06. The van der Waals surface area contributed by atoms with E-state index in [1.807, 2.05) is 7.05 Å². The maximum atomic E-state index is 12.3. The van der Waals surface area contributed by atoms with E-state index in [-0.39, 0.29) is 19.2 Å². The van der Waals surface area contributed by atoms with Crippen molar-refractivity contribution in [3.63, 3.8) is 0 Å². The van der Waals surface area contributed by atoms with Gasteiger partial charge in [-0.05, 0) is 18.8 Å². The Hall–Kier alpha value is -0.430. The number of hydrogen-bond donors (Lipinski definition) is 1. The average molecular weight is 288 g/mol. The fourth-order valence-corrected chi connectivity index (χ4v) is 4.81. The highest BCUT2D eigenvalue weighted by Gasteiger charge is 2.45. The van der Waals surface area contributed by atoms with Gasteiger partial charge in [0, 0.05) is 13.6 Å². The van der Waals surface area contributed by atoms with Gasteiger partial charge in [-0.15, -0.1) is 6.58 Å². The second-order valence-electron chi connectivity index (χ2n) is 5.45. The van der Waals surface area contributed by atoms with E-state index in [9.17, 15) is 8.42 Å². The zero-order chi connectivity index (χ0) is 13.9. The average Bonchev–Trinajstić information content (AvgIpc) is 2.80. The third-order valence-corrected chi connectivity index (χ3v) is 5.98. The Bertz CT molecular complexity index is 404. The summed E-state index contributed by atoms with van der Waals surface area (Å²) in [5.74, 6) is 0.423. The van der Waals surface area contributed by atoms with Crippen molar-refractivity contribution < 1.29 is 13.3 Å². The minimum Gasteiger partial charge on any atom is -0.297 e. The van der Waals surface area contributed by atoms with E-state index in [1.54, 1.807) is 11.1 Å². The molecule has 0 amide bonds. The van der Waals surface area contributed by atoms with Crippen LogP contribution in [0.15, 0.2) is 12.7 Å². The highest BCUT2D eigenvalue weighted by atomic mass is 32.2. The molecule has 1 aliphatic carbocycles. The van der Waals surface area contributed by atoms with E-state index >= 15 is 0 Å². The van der Waals surface area contributed by atoms with E-state index in [0.29, 0.717) is 5.92 Å². The lowest BCUT2D eigenvalue weighted by Crippen LogP contribution is -2.47. The van der Waals surface area contributed by atoms with Crippen molar-refractivity contribution >= 4 is 10.0 Å². The summed E-state index contributed by atoms with van der Waals surface area (Å²) in [4.78, 5) is 5.49. The molecule has 1 saturated carbocycles. The quantitative estimate of drug-likeness (QED) is 0.774. The molecule has 0 radical (unpaired) electrons. The predicted octanol–water partition coefficient (Wildman–Crippen LogP) is 1.29. The molecule has 1 heterocycles. The van der Waals surface area contributed by atoms with Crippen molar-refractivity contribution in [2.75, 3.05) is 20.2 Å². The van der Waals surface area contributed by atoms with Crippen LogP contribution in [0.3, 0.4) is 0 Å². The second-order valence-corrected chi connectivity index (χ2v) is 7.44. The zero-order valence-electron chi connectivity index (χ0n) is 11.5. The molecule has 0 aromatic heterocycles. The summed E-state index contributed by atoms with van der Waals surface area (Å²) in [6.07, 6.45) is 7.42. The third-order valence-electron chi connectivity index (χ3n) is 4.20. The Kier molecular flexibility index (Phi) is 5.00. The first-order valence-electron chi connectivity index (χ1n) is 7.01. The van der Waals surface area contributed by atoms with E-state index in [0.717, 1.165) is 12.8 Å². The molecule has 5 nitrogen and oxygen atoms in total. The smallest absolute Gasteiger partial charge is 0.218 e. The van der Waals surface area contributed by atoms with Gasteiger partial charge in [0.1, 0.15) is 5.25 Å². The molecule has 0 spiro atoms. The summed E-state index contributed by atoms with van der Waals surface area (Å²) in [7, 11) is -1.49. The van der Waals surface area contributed by atoms with Crippen LogP contribution in [0.1, 0.15) is 32.1 Å². The van der Waals surface area contributed by atoms with Crippen LogP contribution in [-0.2, 0) is 14.9 Å². The normalized spacial score (nSPS) is 30.6. The monoisotopic (exact) mass is 288 g/mol. The lowest BCUT2D eigenvalue weighted by molar-refractivity contribution is -0.121. The summed E-state index contributed by atoms with van der Waals surface area (Å²) < 4.78 is 27.2. The Balaban J connectivity index is 2.12. The van der Waals surface area contributed by atoms with Gasteiger partial charge in [-0.1, -0.05) is 25.3 Å². The maximum Gasteiger partial charge on any atom is 0.218 e. The van der Waals surface area contributed by atoms with Crippen LogP contribution in [0.4, 0.5) is 0 Å². The van der Waals surface area contributed by atoms with Crippen molar-refractivity contribution in [3.05, 3.63) is 12.7 Å². The maximum absolute atomic E-state index is 12.3. The zero-order valence-corrected chi connectivity index (χ0v) is 12.4. The van der Waals surface area contributed by atoms with Crippen LogP contribution >= 0.6 is 0 Å². The first kappa shape index (κ1) is 15.0. The van der Waals surface area contributed by atoms with Crippen LogP contribution < -0.4 is 4.72 Å². The summed E-state index contributed by atoms with van der Waals surface area (Å²) >= 11 is 0. The van der Waals surface area contributed by atoms with Crippen LogP contribution in [0, 0.1) is 5.92 Å². The molecule has 2 atom stereocenters. The lowest BCUT2D eigenvalue weighted by atomic mass is 9.83. The highest BCUT2D eigenvalue weighted by Crippen LogP contribution is 2.34. The molecule has 0 bridgehead atoms. The molecule has 0 aromatic rings. The molecule has 6 heteroatoms. The standard InChI is InChI=1S/C13H24N2O3S/c1-3-9-14-19(16,17)12-10-18-15(2)13(12)11-7-5-4-6-8-11/h3,11-14H,1,4-10H2,2H3/t12-,13+/m1/s1. The number of hydroxylamine groups is 2. The minimum absolute atomic E-state index is 0.0254. The molecule has 2 rings (SSSR count). The molecule has 0 aromatic carbocycles. The van der Waals surface area contributed by atoms with Gasteiger partial charge in [0.25, 0.3) is 0 Å². The molecule has 19 heavy (non-hydrogen) atoms. The Morgan fingerprint density at radius 2 is 2.05 bits per heavy atom. The third kappa shape index (κ3) is 3.37. The van der Waals surface area contributed by atoms with Crippen molar-refractivity contribution in [1.82, 2.24) is 9.79 Å². The minimum atomic E-state index is -3.34.